The largest absolute Gasteiger partial charge is 0.493 e. The number of para-hydroxylation sites is 2. The Balaban J connectivity index is 1.66. The van der Waals surface area contributed by atoms with E-state index in [9.17, 15) is 14.8 Å². The van der Waals surface area contributed by atoms with Gasteiger partial charge in [0.25, 0.3) is 0 Å². The molecule has 29 heavy (non-hydrogen) atoms. The number of aryl methyl sites for hydroxylation is 1. The monoisotopic (exact) mass is 394 g/mol. The molecule has 0 spiro atoms. The molecule has 3 unspecified atom stereocenters. The van der Waals surface area contributed by atoms with Crippen molar-refractivity contribution in [3.05, 3.63) is 65.4 Å². The van der Waals surface area contributed by atoms with Crippen LogP contribution in [-0.2, 0) is 11.8 Å². The van der Waals surface area contributed by atoms with Crippen molar-refractivity contribution < 1.29 is 15.6 Å². The molecule has 1 N–H and O–H groups in total. The number of nitriles is 1. The second-order valence-corrected chi connectivity index (χ2v) is 8.24. The molecule has 2 aromatic carbocycles. The van der Waals surface area contributed by atoms with Crippen LogP contribution in [0.4, 0.5) is 4.39 Å². The van der Waals surface area contributed by atoms with E-state index in [1.54, 1.807) is 10.8 Å². The third-order valence-electron chi connectivity index (χ3n) is 5.87. The minimum atomic E-state index is -0.976. The van der Waals surface area contributed by atoms with Crippen LogP contribution in [-0.4, -0.2) is 29.0 Å². The molecule has 0 saturated carbocycles. The fourth-order valence-electron chi connectivity index (χ4n) is 4.33. The summed E-state index contributed by atoms with van der Waals surface area (Å²) < 4.78 is 29.5. The molecule has 4 nitrogen and oxygen atoms in total. The molecule has 2 heterocycles. The van der Waals surface area contributed by atoms with Gasteiger partial charge in [0.05, 0.1) is 25.7 Å². The summed E-state index contributed by atoms with van der Waals surface area (Å²) in [6.07, 6.45) is 1.50. The van der Waals surface area contributed by atoms with E-state index in [1.165, 1.54) is 0 Å². The molecule has 0 aliphatic carbocycles. The van der Waals surface area contributed by atoms with Gasteiger partial charge in [-0.15, -0.1) is 0 Å². The van der Waals surface area contributed by atoms with E-state index in [0.717, 1.165) is 22.0 Å². The molecule has 3 aromatic rings. The molecule has 0 radical (unpaired) electrons. The fraction of sp³-hybridized carbons (Fsp3) is 0.375. The zero-order valence-electron chi connectivity index (χ0n) is 17.6. The van der Waals surface area contributed by atoms with Crippen LogP contribution < -0.4 is 4.74 Å². The molecule has 0 amide bonds. The zero-order valence-corrected chi connectivity index (χ0v) is 16.6. The van der Waals surface area contributed by atoms with Crippen LogP contribution in [0.3, 0.4) is 0 Å². The van der Waals surface area contributed by atoms with Crippen molar-refractivity contribution >= 4 is 10.9 Å². The standard InChI is InChI=1S/C24H25FN2O2/c1-24(2,19-8-5-6-16-10-11-29-23(16)19)12-22(28)21(13-25)27-15-17(14-26)18-7-3-4-9-20(18)27/h3-9,15,21-22,28H,10-13H2,1-2H3/i11T. The number of aromatic nitrogens is 1. The summed E-state index contributed by atoms with van der Waals surface area (Å²) >= 11 is 0. The van der Waals surface area contributed by atoms with Gasteiger partial charge in [-0.2, -0.15) is 5.26 Å². The molecule has 1 aromatic heterocycles. The Morgan fingerprint density at radius 2 is 2.10 bits per heavy atom. The van der Waals surface area contributed by atoms with E-state index in [2.05, 4.69) is 6.07 Å². The van der Waals surface area contributed by atoms with Crippen molar-refractivity contribution in [3.63, 3.8) is 0 Å². The highest BCUT2D eigenvalue weighted by atomic mass is 19.1. The van der Waals surface area contributed by atoms with Crippen molar-refractivity contribution in [1.82, 2.24) is 4.57 Å². The number of ether oxygens (including phenoxy) is 1. The van der Waals surface area contributed by atoms with Gasteiger partial charge in [-0.3, -0.25) is 0 Å². The van der Waals surface area contributed by atoms with Gasteiger partial charge in [-0.1, -0.05) is 50.2 Å². The molecule has 0 fully saturated rings. The molecular weight excluding hydrogens is 367 g/mol. The molecule has 0 saturated heterocycles. The summed E-state index contributed by atoms with van der Waals surface area (Å²) in [5.41, 5.74) is 2.61. The van der Waals surface area contributed by atoms with Gasteiger partial charge < -0.3 is 14.4 Å². The smallest absolute Gasteiger partial charge is 0.126 e. The summed E-state index contributed by atoms with van der Waals surface area (Å²) in [4.78, 5) is 0. The summed E-state index contributed by atoms with van der Waals surface area (Å²) in [6, 6.07) is 14.5. The van der Waals surface area contributed by atoms with Crippen LogP contribution in [0.1, 0.15) is 44.4 Å². The summed E-state index contributed by atoms with van der Waals surface area (Å²) in [5.74, 6) is 0.713. The van der Waals surface area contributed by atoms with Gasteiger partial charge in [-0.25, -0.2) is 4.39 Å². The molecule has 4 rings (SSSR count). The highest BCUT2D eigenvalue weighted by molar-refractivity contribution is 5.86. The minimum absolute atomic E-state index is 0.304. The Kier molecular flexibility index (Phi) is 4.73. The molecule has 1 aliphatic heterocycles. The SMILES string of the molecule is [3H]C1Cc2cccc(C(C)(C)CC(O)C(CF)n3cc(C#N)c4ccccc43)c2O1. The van der Waals surface area contributed by atoms with E-state index in [4.69, 9.17) is 6.11 Å². The number of rotatable bonds is 6. The van der Waals surface area contributed by atoms with Crippen molar-refractivity contribution in [1.29, 1.82) is 5.26 Å². The van der Waals surface area contributed by atoms with Crippen molar-refractivity contribution in [2.24, 2.45) is 0 Å². The first-order valence-electron chi connectivity index (χ1n) is 10.4. The second-order valence-electron chi connectivity index (χ2n) is 8.24. The van der Waals surface area contributed by atoms with E-state index in [-0.39, 0.29) is 0 Å². The quantitative estimate of drug-likeness (QED) is 0.660. The Labute approximate surface area is 171 Å². The molecule has 1 aliphatic rings. The van der Waals surface area contributed by atoms with E-state index in [1.807, 2.05) is 56.3 Å². The highest BCUT2D eigenvalue weighted by Gasteiger charge is 2.34. The van der Waals surface area contributed by atoms with Crippen LogP contribution in [0.25, 0.3) is 10.9 Å². The van der Waals surface area contributed by atoms with Crippen LogP contribution in [0.5, 0.6) is 5.75 Å². The molecule has 3 atom stereocenters. The summed E-state index contributed by atoms with van der Waals surface area (Å²) in [5, 5.41) is 21.3. The topological polar surface area (TPSA) is 58.2 Å². The minimum Gasteiger partial charge on any atom is -0.493 e. The Morgan fingerprint density at radius 1 is 1.31 bits per heavy atom. The van der Waals surface area contributed by atoms with E-state index >= 15 is 0 Å². The lowest BCUT2D eigenvalue weighted by molar-refractivity contribution is 0.0724. The van der Waals surface area contributed by atoms with Crippen molar-refractivity contribution in [3.8, 4) is 11.8 Å². The third kappa shape index (κ3) is 3.38. The number of alkyl halides is 1. The number of benzene rings is 2. The van der Waals surface area contributed by atoms with E-state index < -0.39 is 30.8 Å². The maximum atomic E-state index is 14.2. The normalized spacial score (nSPS) is 18.6. The van der Waals surface area contributed by atoms with Crippen molar-refractivity contribution in [2.45, 2.75) is 44.2 Å². The third-order valence-corrected chi connectivity index (χ3v) is 5.87. The number of aliphatic hydroxyl groups is 1. The lowest BCUT2D eigenvalue weighted by atomic mass is 9.77. The first-order chi connectivity index (χ1) is 14.4. The van der Waals surface area contributed by atoms with E-state index in [0.29, 0.717) is 24.2 Å². The van der Waals surface area contributed by atoms with Gasteiger partial charge in [0.1, 0.15) is 18.5 Å². The number of aliphatic hydroxyl groups excluding tert-OH is 1. The lowest BCUT2D eigenvalue weighted by Gasteiger charge is -2.32. The van der Waals surface area contributed by atoms with Gasteiger partial charge in [0, 0.05) is 29.1 Å². The van der Waals surface area contributed by atoms with Crippen LogP contribution >= 0.6 is 0 Å². The zero-order chi connectivity index (χ0) is 21.5. The average molecular weight is 394 g/mol. The van der Waals surface area contributed by atoms with Crippen LogP contribution in [0.15, 0.2) is 48.7 Å². The number of halogens is 1. The number of nitrogens with zero attached hydrogens (tertiary/aromatic N) is 2. The van der Waals surface area contributed by atoms with Crippen molar-refractivity contribution in [2.75, 3.05) is 13.3 Å². The Hall–Kier alpha value is -2.84. The highest BCUT2D eigenvalue weighted by Crippen LogP contribution is 2.41. The first kappa shape index (κ1) is 18.2. The summed E-state index contributed by atoms with van der Waals surface area (Å²) in [7, 11) is 0. The second kappa shape index (κ2) is 7.53. The van der Waals surface area contributed by atoms with Gasteiger partial charge in [-0.05, 0) is 23.5 Å². The Morgan fingerprint density at radius 3 is 2.86 bits per heavy atom. The van der Waals surface area contributed by atoms with Gasteiger partial charge in [0.15, 0.2) is 0 Å². The Bertz CT molecular complexity index is 1120. The number of fused-ring (bicyclic) bond motifs is 2. The number of hydrogen-bond acceptors (Lipinski definition) is 3. The maximum Gasteiger partial charge on any atom is 0.126 e. The molecule has 150 valence electrons. The summed E-state index contributed by atoms with van der Waals surface area (Å²) in [6.45, 7) is 2.63. The number of hydrogen-bond donors (Lipinski definition) is 1. The molecule has 5 heteroatoms. The fourth-order valence-corrected chi connectivity index (χ4v) is 4.33. The van der Waals surface area contributed by atoms with Crippen LogP contribution in [0.2, 0.25) is 0 Å². The first-order valence-corrected chi connectivity index (χ1v) is 9.80. The molecular formula is C24H25FN2O2. The molecule has 0 bridgehead atoms. The maximum absolute atomic E-state index is 14.2. The average Bonchev–Trinajstić information content (AvgIpc) is 3.27. The predicted molar refractivity (Wildman–Crippen MR) is 111 cm³/mol. The van der Waals surface area contributed by atoms with Crippen LogP contribution in [0, 0.1) is 11.3 Å². The predicted octanol–water partition coefficient (Wildman–Crippen LogP) is 4.69. The lowest BCUT2D eigenvalue weighted by Crippen LogP contribution is -2.32. The van der Waals surface area contributed by atoms with Gasteiger partial charge in [0.2, 0.25) is 0 Å². The van der Waals surface area contributed by atoms with Gasteiger partial charge >= 0.3 is 0 Å².